The lowest BCUT2D eigenvalue weighted by Crippen LogP contribution is -2.54. The van der Waals surface area contributed by atoms with E-state index in [0.717, 1.165) is 32.1 Å². The highest BCUT2D eigenvalue weighted by Crippen LogP contribution is 2.69. The fourth-order valence-electron chi connectivity index (χ4n) is 7.53. The van der Waals surface area contributed by atoms with E-state index >= 15 is 0 Å². The third-order valence-electron chi connectivity index (χ3n) is 8.78. The Bertz CT molecular complexity index is 725. The number of phenolic OH excluding ortho intramolecular Hbond substituents is 1. The van der Waals surface area contributed by atoms with Gasteiger partial charge in [-0.05, 0) is 90.4 Å². The highest BCUT2D eigenvalue weighted by Gasteiger charge is 2.63. The molecule has 1 aromatic carbocycles. The van der Waals surface area contributed by atoms with E-state index in [0.29, 0.717) is 23.5 Å². The van der Waals surface area contributed by atoms with Crippen LogP contribution in [0.5, 0.6) is 5.75 Å². The van der Waals surface area contributed by atoms with E-state index in [1.807, 2.05) is 12.1 Å². The molecule has 2 nitrogen and oxygen atoms in total. The summed E-state index contributed by atoms with van der Waals surface area (Å²) in [6.45, 7) is 9.01. The highest BCUT2D eigenvalue weighted by molar-refractivity contribution is 5.43. The third-order valence-corrected chi connectivity index (χ3v) is 8.78. The molecule has 0 bridgehead atoms. The van der Waals surface area contributed by atoms with Crippen molar-refractivity contribution < 1.29 is 10.2 Å². The molecule has 2 N–H and O–H groups in total. The van der Waals surface area contributed by atoms with Gasteiger partial charge in [-0.25, -0.2) is 0 Å². The van der Waals surface area contributed by atoms with Crippen molar-refractivity contribution in [3.05, 3.63) is 42.0 Å². The van der Waals surface area contributed by atoms with Crippen molar-refractivity contribution in [1.29, 1.82) is 0 Å². The summed E-state index contributed by atoms with van der Waals surface area (Å²) in [6, 6.07) is 6.07. The predicted octanol–water partition coefficient (Wildman–Crippen LogP) is 6.36. The van der Waals surface area contributed by atoms with Crippen molar-refractivity contribution in [2.45, 2.75) is 90.1 Å². The number of phenols is 1. The van der Waals surface area contributed by atoms with Crippen LogP contribution in [0.25, 0.3) is 0 Å². The van der Waals surface area contributed by atoms with Crippen LogP contribution in [0, 0.1) is 22.7 Å². The van der Waals surface area contributed by atoms with Gasteiger partial charge in [-0.15, -0.1) is 6.58 Å². The molecular weight excluding hydrogens is 344 g/mol. The summed E-state index contributed by atoms with van der Waals surface area (Å²) < 4.78 is 0. The van der Waals surface area contributed by atoms with Crippen LogP contribution in [0.3, 0.4) is 0 Å². The molecule has 2 saturated carbocycles. The van der Waals surface area contributed by atoms with Gasteiger partial charge in [0.15, 0.2) is 0 Å². The van der Waals surface area contributed by atoms with Crippen molar-refractivity contribution in [3.8, 4) is 5.75 Å². The van der Waals surface area contributed by atoms with Gasteiger partial charge in [-0.2, -0.15) is 0 Å². The molecule has 154 valence electrons. The number of hydrogen-bond donors (Lipinski definition) is 2. The van der Waals surface area contributed by atoms with Crippen molar-refractivity contribution in [2.24, 2.45) is 22.7 Å². The molecule has 6 atom stereocenters. The van der Waals surface area contributed by atoms with Gasteiger partial charge in [0.25, 0.3) is 0 Å². The zero-order chi connectivity index (χ0) is 19.9. The molecule has 3 aliphatic carbocycles. The average molecular weight is 383 g/mol. The number of fused-ring (bicyclic) bond motifs is 5. The van der Waals surface area contributed by atoms with Gasteiger partial charge < -0.3 is 10.2 Å². The largest absolute Gasteiger partial charge is 0.508 e. The number of aromatic hydroxyl groups is 1. The molecule has 5 unspecified atom stereocenters. The Morgan fingerprint density at radius 1 is 1.21 bits per heavy atom. The molecule has 0 aliphatic heterocycles. The van der Waals surface area contributed by atoms with E-state index in [4.69, 9.17) is 0 Å². The smallest absolute Gasteiger partial charge is 0.115 e. The number of unbranched alkanes of at least 4 members (excludes halogenated alkanes) is 3. The van der Waals surface area contributed by atoms with Crippen LogP contribution >= 0.6 is 0 Å². The molecule has 1 aromatic rings. The van der Waals surface area contributed by atoms with Crippen molar-refractivity contribution in [2.75, 3.05) is 0 Å². The number of aryl methyl sites for hydroxylation is 1. The zero-order valence-electron chi connectivity index (χ0n) is 17.8. The monoisotopic (exact) mass is 382 g/mol. The fourth-order valence-corrected chi connectivity index (χ4v) is 7.53. The van der Waals surface area contributed by atoms with Crippen LogP contribution in [0.1, 0.15) is 88.7 Å². The lowest BCUT2D eigenvalue weighted by molar-refractivity contribution is -0.0812. The molecule has 28 heavy (non-hydrogen) atoms. The Morgan fingerprint density at radius 2 is 2.04 bits per heavy atom. The van der Waals surface area contributed by atoms with E-state index in [9.17, 15) is 10.2 Å². The second-order valence-electron chi connectivity index (χ2n) is 10.1. The van der Waals surface area contributed by atoms with Crippen LogP contribution in [0.4, 0.5) is 0 Å². The van der Waals surface area contributed by atoms with Crippen molar-refractivity contribution in [1.82, 2.24) is 0 Å². The first-order valence-electron chi connectivity index (χ1n) is 11.6. The van der Waals surface area contributed by atoms with Crippen LogP contribution in [-0.2, 0) is 6.42 Å². The molecule has 3 aliphatic rings. The van der Waals surface area contributed by atoms with Crippen molar-refractivity contribution >= 4 is 0 Å². The number of allylic oxidation sites excluding steroid dienone is 1. The molecule has 0 radical (unpaired) electrons. The van der Waals surface area contributed by atoms with Gasteiger partial charge in [-0.1, -0.05) is 51.7 Å². The second-order valence-corrected chi connectivity index (χ2v) is 10.1. The summed E-state index contributed by atoms with van der Waals surface area (Å²) in [4.78, 5) is 0. The highest BCUT2D eigenvalue weighted by atomic mass is 16.3. The maximum atomic E-state index is 11.0. The van der Waals surface area contributed by atoms with Gasteiger partial charge in [0.05, 0.1) is 6.10 Å². The standard InChI is InChI=1S/C26H38O2/c1-4-6-7-8-9-19-17-25(3)22(12-13-23(25)28)26(5-2)15-14-18-16-20(27)10-11-21(18)24(19)26/h5,10-11,16,19,22-24,27-28H,2,4,6-9,12-15,17H2,1,3H3/t19-,22?,23?,24?,25?,26?/m0/s1. The van der Waals surface area contributed by atoms with E-state index in [-0.39, 0.29) is 16.9 Å². The molecule has 0 heterocycles. The second kappa shape index (κ2) is 7.52. The summed E-state index contributed by atoms with van der Waals surface area (Å²) in [5, 5.41) is 21.0. The zero-order valence-corrected chi connectivity index (χ0v) is 17.8. The maximum absolute atomic E-state index is 11.0. The SMILES string of the molecule is C=CC12CCc3cc(O)ccc3C1[C@@H](CCCCCC)CC1(C)C(O)CCC12. The first-order chi connectivity index (χ1) is 13.5. The summed E-state index contributed by atoms with van der Waals surface area (Å²) >= 11 is 0. The maximum Gasteiger partial charge on any atom is 0.115 e. The molecule has 0 aromatic heterocycles. The summed E-state index contributed by atoms with van der Waals surface area (Å²) in [5.41, 5.74) is 2.90. The van der Waals surface area contributed by atoms with Crippen molar-refractivity contribution in [3.63, 3.8) is 0 Å². The number of aliphatic hydroxyl groups is 1. The van der Waals surface area contributed by atoms with E-state index in [2.05, 4.69) is 32.6 Å². The molecule has 4 rings (SSSR count). The minimum atomic E-state index is -0.172. The van der Waals surface area contributed by atoms with Gasteiger partial charge >= 0.3 is 0 Å². The van der Waals surface area contributed by atoms with Gasteiger partial charge in [0.1, 0.15) is 5.75 Å². The Morgan fingerprint density at radius 3 is 2.79 bits per heavy atom. The van der Waals surface area contributed by atoms with E-state index < -0.39 is 0 Å². The Kier molecular flexibility index (Phi) is 5.37. The minimum absolute atomic E-state index is 0.0224. The van der Waals surface area contributed by atoms with Crippen LogP contribution < -0.4 is 0 Å². The van der Waals surface area contributed by atoms with Gasteiger partial charge in [0.2, 0.25) is 0 Å². The van der Waals surface area contributed by atoms with E-state index in [1.54, 1.807) is 0 Å². The van der Waals surface area contributed by atoms with Crippen LogP contribution in [0.15, 0.2) is 30.9 Å². The molecule has 2 fully saturated rings. The average Bonchev–Trinajstić information content (AvgIpc) is 2.99. The number of aliphatic hydroxyl groups excluding tert-OH is 1. The predicted molar refractivity (Wildman–Crippen MR) is 116 cm³/mol. The topological polar surface area (TPSA) is 40.5 Å². The normalized spacial score (nSPS) is 39.1. The van der Waals surface area contributed by atoms with Crippen LogP contribution in [0.2, 0.25) is 0 Å². The summed E-state index contributed by atoms with van der Waals surface area (Å²) in [5.74, 6) is 1.99. The molecule has 2 heteroatoms. The number of rotatable bonds is 6. The van der Waals surface area contributed by atoms with E-state index in [1.165, 1.54) is 43.2 Å². The van der Waals surface area contributed by atoms with Gasteiger partial charge in [0, 0.05) is 0 Å². The lowest BCUT2D eigenvalue weighted by atomic mass is 9.44. The number of benzene rings is 1. The molecule has 0 saturated heterocycles. The quantitative estimate of drug-likeness (QED) is 0.444. The first-order valence-corrected chi connectivity index (χ1v) is 11.6. The molecule has 0 amide bonds. The lowest BCUT2D eigenvalue weighted by Gasteiger charge is -2.60. The Labute approximate surface area is 171 Å². The summed E-state index contributed by atoms with van der Waals surface area (Å²) in [6.07, 6.45) is 13.8. The fraction of sp³-hybridized carbons (Fsp3) is 0.692. The molecule has 0 spiro atoms. The summed E-state index contributed by atoms with van der Waals surface area (Å²) in [7, 11) is 0. The Balaban J connectivity index is 1.76. The molecular formula is C26H38O2. The van der Waals surface area contributed by atoms with Crippen LogP contribution in [-0.4, -0.2) is 16.3 Å². The Hall–Kier alpha value is -1.28. The van der Waals surface area contributed by atoms with Gasteiger partial charge in [-0.3, -0.25) is 0 Å². The third kappa shape index (κ3) is 2.95. The first kappa shape index (κ1) is 20.0. The minimum Gasteiger partial charge on any atom is -0.508 e. The number of hydrogen-bond acceptors (Lipinski definition) is 2.